The van der Waals surface area contributed by atoms with Crippen molar-refractivity contribution in [2.24, 2.45) is 0 Å². The van der Waals surface area contributed by atoms with Gasteiger partial charge in [0.05, 0.1) is 12.2 Å². The first-order valence-corrected chi connectivity index (χ1v) is 7.36. The maximum absolute atomic E-state index is 11.6. The van der Waals surface area contributed by atoms with Crippen LogP contribution in [0.2, 0.25) is 0 Å². The van der Waals surface area contributed by atoms with Gasteiger partial charge in [0.15, 0.2) is 0 Å². The first kappa shape index (κ1) is 13.0. The quantitative estimate of drug-likeness (QED) is 0.879. The van der Waals surface area contributed by atoms with Gasteiger partial charge in [-0.2, -0.15) is 4.31 Å². The summed E-state index contributed by atoms with van der Waals surface area (Å²) in [5.74, 6) is -0.644. The molecule has 0 aromatic heterocycles. The lowest BCUT2D eigenvalue weighted by molar-refractivity contribution is -0.136. The molecule has 0 radical (unpaired) electrons. The lowest BCUT2D eigenvalue weighted by Gasteiger charge is -2.14. The Balaban J connectivity index is 2.04. The maximum Gasteiger partial charge on any atom is 0.307 e. The number of aliphatic carboxylic acids is 1. The highest BCUT2D eigenvalue weighted by Crippen LogP contribution is 2.17. The van der Waals surface area contributed by atoms with Crippen LogP contribution >= 0.6 is 0 Å². The van der Waals surface area contributed by atoms with Crippen LogP contribution < -0.4 is 0 Å². The summed E-state index contributed by atoms with van der Waals surface area (Å²) in [6.45, 7) is 0.939. The van der Waals surface area contributed by atoms with Crippen molar-refractivity contribution in [2.75, 3.05) is 12.3 Å². The van der Waals surface area contributed by atoms with Gasteiger partial charge in [0.25, 0.3) is 0 Å². The smallest absolute Gasteiger partial charge is 0.307 e. The van der Waals surface area contributed by atoms with Crippen LogP contribution in [0.1, 0.15) is 17.5 Å². The number of hydrogen-bond donors (Lipinski definition) is 1. The zero-order chi connectivity index (χ0) is 13.2. The Hall–Kier alpha value is -1.40. The second-order valence-corrected chi connectivity index (χ2v) is 6.48. The number of rotatable bonds is 4. The van der Waals surface area contributed by atoms with Crippen LogP contribution in [-0.4, -0.2) is 36.1 Å². The molecular weight excluding hydrogens is 254 g/mol. The van der Waals surface area contributed by atoms with E-state index in [1.807, 2.05) is 0 Å². The molecule has 1 aromatic carbocycles. The van der Waals surface area contributed by atoms with Crippen molar-refractivity contribution in [1.29, 1.82) is 0 Å². The number of nitrogens with zero attached hydrogens (tertiary/aromatic N) is 1. The molecule has 0 bridgehead atoms. The second-order valence-electron chi connectivity index (χ2n) is 4.39. The van der Waals surface area contributed by atoms with Crippen LogP contribution in [0.4, 0.5) is 0 Å². The molecule has 6 heteroatoms. The van der Waals surface area contributed by atoms with Gasteiger partial charge in [-0.05, 0) is 17.5 Å². The SMILES string of the molecule is O=C(O)Cc1ccc(CN2CCCS2(=O)=O)cc1. The summed E-state index contributed by atoms with van der Waals surface area (Å²) in [5.41, 5.74) is 1.60. The lowest BCUT2D eigenvalue weighted by Crippen LogP contribution is -2.25. The molecule has 0 atom stereocenters. The number of benzene rings is 1. The van der Waals surface area contributed by atoms with Crippen molar-refractivity contribution in [3.8, 4) is 0 Å². The Kier molecular flexibility index (Phi) is 3.68. The minimum Gasteiger partial charge on any atom is -0.481 e. The van der Waals surface area contributed by atoms with E-state index in [-0.39, 0.29) is 12.2 Å². The number of sulfonamides is 1. The van der Waals surface area contributed by atoms with Crippen LogP contribution in [0.3, 0.4) is 0 Å². The predicted molar refractivity (Wildman–Crippen MR) is 66.6 cm³/mol. The molecule has 0 spiro atoms. The number of carboxylic acid groups (broad SMARTS) is 1. The molecule has 5 nitrogen and oxygen atoms in total. The molecule has 1 heterocycles. The number of hydrogen-bond acceptors (Lipinski definition) is 3. The second kappa shape index (κ2) is 5.07. The summed E-state index contributed by atoms with van der Waals surface area (Å²) in [4.78, 5) is 10.5. The topological polar surface area (TPSA) is 74.7 Å². The van der Waals surface area contributed by atoms with Crippen LogP contribution in [-0.2, 0) is 27.8 Å². The van der Waals surface area contributed by atoms with Crippen molar-refractivity contribution >= 4 is 16.0 Å². The van der Waals surface area contributed by atoms with E-state index in [9.17, 15) is 13.2 Å². The Morgan fingerprint density at radius 3 is 2.33 bits per heavy atom. The third-order valence-electron chi connectivity index (χ3n) is 2.94. The molecule has 1 aliphatic heterocycles. The molecule has 0 aliphatic carbocycles. The Bertz CT molecular complexity index is 536. The summed E-state index contributed by atoms with van der Waals surface area (Å²) in [5, 5.41) is 8.65. The Morgan fingerprint density at radius 2 is 1.83 bits per heavy atom. The summed E-state index contributed by atoms with van der Waals surface area (Å²) in [6, 6.07) is 7.02. The van der Waals surface area contributed by atoms with Gasteiger partial charge in [-0.15, -0.1) is 0 Å². The fraction of sp³-hybridized carbons (Fsp3) is 0.417. The highest BCUT2D eigenvalue weighted by molar-refractivity contribution is 7.89. The van der Waals surface area contributed by atoms with Crippen LogP contribution in [0.15, 0.2) is 24.3 Å². The molecule has 1 N–H and O–H groups in total. The van der Waals surface area contributed by atoms with E-state index >= 15 is 0 Å². The van der Waals surface area contributed by atoms with E-state index in [0.717, 1.165) is 11.1 Å². The van der Waals surface area contributed by atoms with E-state index in [0.29, 0.717) is 19.5 Å². The van der Waals surface area contributed by atoms with Gasteiger partial charge < -0.3 is 5.11 Å². The third-order valence-corrected chi connectivity index (χ3v) is 4.84. The van der Waals surface area contributed by atoms with Crippen molar-refractivity contribution in [1.82, 2.24) is 4.31 Å². The standard InChI is InChI=1S/C12H15NO4S/c14-12(15)8-10-2-4-11(5-3-10)9-13-6-1-7-18(13,16)17/h2-5H,1,6-9H2,(H,14,15). The highest BCUT2D eigenvalue weighted by Gasteiger charge is 2.27. The molecule has 1 aromatic rings. The molecule has 18 heavy (non-hydrogen) atoms. The fourth-order valence-electron chi connectivity index (χ4n) is 2.01. The highest BCUT2D eigenvalue weighted by atomic mass is 32.2. The molecule has 0 saturated carbocycles. The normalized spacial score (nSPS) is 18.9. The van der Waals surface area contributed by atoms with Crippen molar-refractivity contribution < 1.29 is 18.3 Å². The van der Waals surface area contributed by atoms with E-state index in [4.69, 9.17) is 5.11 Å². The summed E-state index contributed by atoms with van der Waals surface area (Å²) in [6.07, 6.45) is 0.668. The van der Waals surface area contributed by atoms with E-state index in [2.05, 4.69) is 0 Å². The average Bonchev–Trinajstić information content (AvgIpc) is 2.60. The molecule has 0 amide bonds. The van der Waals surface area contributed by atoms with Crippen molar-refractivity contribution in [2.45, 2.75) is 19.4 Å². The third kappa shape index (κ3) is 3.08. The van der Waals surface area contributed by atoms with Crippen LogP contribution in [0.25, 0.3) is 0 Å². The van der Waals surface area contributed by atoms with Gasteiger partial charge in [-0.1, -0.05) is 24.3 Å². The maximum atomic E-state index is 11.6. The van der Waals surface area contributed by atoms with Crippen molar-refractivity contribution in [3.05, 3.63) is 35.4 Å². The zero-order valence-corrected chi connectivity index (χ0v) is 10.7. The van der Waals surface area contributed by atoms with Crippen molar-refractivity contribution in [3.63, 3.8) is 0 Å². The Labute approximate surface area is 106 Å². The number of carboxylic acids is 1. The predicted octanol–water partition coefficient (Wildman–Crippen LogP) is 0.849. The fourth-order valence-corrected chi connectivity index (χ4v) is 3.51. The van der Waals surface area contributed by atoms with Gasteiger partial charge >= 0.3 is 5.97 Å². The number of carbonyl (C=O) groups is 1. The summed E-state index contributed by atoms with van der Waals surface area (Å²) >= 11 is 0. The molecular formula is C12H15NO4S. The molecule has 2 rings (SSSR count). The average molecular weight is 269 g/mol. The molecule has 1 aliphatic rings. The van der Waals surface area contributed by atoms with Gasteiger partial charge in [-0.3, -0.25) is 4.79 Å². The van der Waals surface area contributed by atoms with E-state index in [1.165, 1.54) is 4.31 Å². The Morgan fingerprint density at radius 1 is 1.22 bits per heavy atom. The molecule has 1 saturated heterocycles. The van der Waals surface area contributed by atoms with Crippen LogP contribution in [0.5, 0.6) is 0 Å². The largest absolute Gasteiger partial charge is 0.481 e. The summed E-state index contributed by atoms with van der Waals surface area (Å²) < 4.78 is 24.7. The minimum absolute atomic E-state index is 0.0116. The van der Waals surface area contributed by atoms with Gasteiger partial charge in [0.2, 0.25) is 10.0 Å². The van der Waals surface area contributed by atoms with Crippen LogP contribution in [0, 0.1) is 0 Å². The monoisotopic (exact) mass is 269 g/mol. The minimum atomic E-state index is -3.08. The zero-order valence-electron chi connectivity index (χ0n) is 9.87. The molecule has 98 valence electrons. The molecule has 0 unspecified atom stereocenters. The van der Waals surface area contributed by atoms with Gasteiger partial charge in [-0.25, -0.2) is 8.42 Å². The first-order chi connectivity index (χ1) is 8.47. The van der Waals surface area contributed by atoms with E-state index < -0.39 is 16.0 Å². The lowest BCUT2D eigenvalue weighted by atomic mass is 10.1. The molecule has 1 fully saturated rings. The summed E-state index contributed by atoms with van der Waals surface area (Å²) in [7, 11) is -3.08. The van der Waals surface area contributed by atoms with Gasteiger partial charge in [0, 0.05) is 13.1 Å². The van der Waals surface area contributed by atoms with Gasteiger partial charge in [0.1, 0.15) is 0 Å². The first-order valence-electron chi connectivity index (χ1n) is 5.75. The van der Waals surface area contributed by atoms with E-state index in [1.54, 1.807) is 24.3 Å².